The Morgan fingerprint density at radius 3 is 2.44 bits per heavy atom. The molecule has 0 bridgehead atoms. The zero-order valence-corrected chi connectivity index (χ0v) is 11.4. The molecule has 0 saturated heterocycles. The number of hydrogen-bond acceptors (Lipinski definition) is 7. The topological polar surface area (TPSA) is 83.3 Å². The lowest BCUT2D eigenvalue weighted by Gasteiger charge is -2.14. The van der Waals surface area contributed by atoms with Gasteiger partial charge < -0.3 is 9.47 Å². The molecule has 0 saturated carbocycles. The molecule has 0 N–H and O–H groups in total. The first-order valence-corrected chi connectivity index (χ1v) is 6.11. The van der Waals surface area contributed by atoms with Crippen LogP contribution in [0.2, 0.25) is 0 Å². The van der Waals surface area contributed by atoms with Gasteiger partial charge in [-0.25, -0.2) is 4.79 Å². The molecule has 0 aliphatic rings. The summed E-state index contributed by atoms with van der Waals surface area (Å²) in [6.45, 7) is 3.36. The number of rotatable bonds is 5. The maximum Gasteiger partial charge on any atom is 0.328 e. The van der Waals surface area contributed by atoms with Gasteiger partial charge in [-0.2, -0.15) is 0 Å². The Bertz CT molecular complexity index is 435. The van der Waals surface area contributed by atoms with Gasteiger partial charge in [0.1, 0.15) is 17.6 Å². The smallest absolute Gasteiger partial charge is 0.328 e. The number of methoxy groups -OCH3 is 2. The summed E-state index contributed by atoms with van der Waals surface area (Å²) < 4.78 is 10.8. The number of carbonyl (C=O) groups is 2. The average Bonchev–Trinajstić information content (AvgIpc) is 2.83. The molecule has 1 heterocycles. The Morgan fingerprint density at radius 2 is 1.89 bits per heavy atom. The summed E-state index contributed by atoms with van der Waals surface area (Å²) in [5.74, 6) is -0.761. The van der Waals surface area contributed by atoms with Gasteiger partial charge >= 0.3 is 11.9 Å². The van der Waals surface area contributed by atoms with Crippen molar-refractivity contribution in [2.45, 2.75) is 30.3 Å². The molecule has 1 aromatic rings. The Labute approximate surface area is 109 Å². The number of thioether (sulfide) groups is 1. The fraction of sp³-hybridized carbons (Fsp3) is 0.600. The highest BCUT2D eigenvalue weighted by Gasteiger charge is 2.23. The fourth-order valence-corrected chi connectivity index (χ4v) is 2.17. The predicted molar refractivity (Wildman–Crippen MR) is 64.1 cm³/mol. The lowest BCUT2D eigenvalue weighted by molar-refractivity contribution is -0.144. The second kappa shape index (κ2) is 6.39. The van der Waals surface area contributed by atoms with Gasteiger partial charge in [-0.3, -0.25) is 9.36 Å². The highest BCUT2D eigenvalue weighted by atomic mass is 32.2. The SMILES string of the molecule is COC(=O)[C@H](C)Sc1nncn1[C@H](C)C(=O)OC. The highest BCUT2D eigenvalue weighted by molar-refractivity contribution is 8.00. The Hall–Kier alpha value is -1.57. The van der Waals surface area contributed by atoms with E-state index in [4.69, 9.17) is 0 Å². The molecule has 0 aliphatic carbocycles. The molecule has 0 radical (unpaired) electrons. The molecule has 100 valence electrons. The normalized spacial score (nSPS) is 13.8. The summed E-state index contributed by atoms with van der Waals surface area (Å²) >= 11 is 1.17. The van der Waals surface area contributed by atoms with Crippen molar-refractivity contribution in [3.8, 4) is 0 Å². The van der Waals surface area contributed by atoms with Crippen LogP contribution in [0.25, 0.3) is 0 Å². The third-order valence-corrected chi connectivity index (χ3v) is 3.36. The van der Waals surface area contributed by atoms with E-state index in [1.165, 1.54) is 32.3 Å². The molecule has 0 fully saturated rings. The van der Waals surface area contributed by atoms with Crippen LogP contribution in [-0.4, -0.2) is 46.2 Å². The summed E-state index contributed by atoms with van der Waals surface area (Å²) in [6, 6.07) is -0.544. The van der Waals surface area contributed by atoms with Crippen LogP contribution in [0.3, 0.4) is 0 Å². The number of aromatic nitrogens is 3. The van der Waals surface area contributed by atoms with E-state index < -0.39 is 17.3 Å². The third-order valence-electron chi connectivity index (χ3n) is 2.32. The molecule has 1 aromatic heterocycles. The number of carbonyl (C=O) groups excluding carboxylic acids is 2. The summed E-state index contributed by atoms with van der Waals surface area (Å²) in [5.41, 5.74) is 0. The van der Waals surface area contributed by atoms with Gasteiger partial charge in [0.05, 0.1) is 14.2 Å². The van der Waals surface area contributed by atoms with Gasteiger partial charge in [-0.1, -0.05) is 11.8 Å². The lowest BCUT2D eigenvalue weighted by atomic mass is 10.3. The largest absolute Gasteiger partial charge is 0.468 e. The Morgan fingerprint density at radius 1 is 1.28 bits per heavy atom. The van der Waals surface area contributed by atoms with Crippen LogP contribution >= 0.6 is 11.8 Å². The van der Waals surface area contributed by atoms with E-state index in [1.807, 2.05) is 0 Å². The highest BCUT2D eigenvalue weighted by Crippen LogP contribution is 2.24. The number of nitrogens with zero attached hydrogens (tertiary/aromatic N) is 3. The average molecular weight is 273 g/mol. The van der Waals surface area contributed by atoms with Crippen molar-refractivity contribution in [3.63, 3.8) is 0 Å². The summed E-state index contributed by atoms with van der Waals surface area (Å²) in [6.07, 6.45) is 1.42. The number of hydrogen-bond donors (Lipinski definition) is 0. The van der Waals surface area contributed by atoms with Gasteiger partial charge in [-0.15, -0.1) is 10.2 Å². The van der Waals surface area contributed by atoms with E-state index in [1.54, 1.807) is 18.4 Å². The van der Waals surface area contributed by atoms with Crippen LogP contribution in [0.5, 0.6) is 0 Å². The van der Waals surface area contributed by atoms with Gasteiger partial charge in [-0.05, 0) is 13.8 Å². The number of ether oxygens (including phenoxy) is 2. The quantitative estimate of drug-likeness (QED) is 0.575. The molecule has 8 heteroatoms. The van der Waals surface area contributed by atoms with Gasteiger partial charge in [0.25, 0.3) is 0 Å². The Kier molecular flexibility index (Phi) is 5.14. The summed E-state index contributed by atoms with van der Waals surface area (Å²) in [5, 5.41) is 7.64. The molecule has 1 rings (SSSR count). The van der Waals surface area contributed by atoms with Crippen LogP contribution in [0.4, 0.5) is 0 Å². The lowest BCUT2D eigenvalue weighted by Crippen LogP contribution is -2.20. The Balaban J connectivity index is 2.83. The fourth-order valence-electron chi connectivity index (χ4n) is 1.24. The van der Waals surface area contributed by atoms with Gasteiger partial charge in [0.15, 0.2) is 5.16 Å². The summed E-state index contributed by atoms with van der Waals surface area (Å²) in [7, 11) is 2.63. The zero-order valence-electron chi connectivity index (χ0n) is 10.6. The minimum atomic E-state index is -0.544. The van der Waals surface area contributed by atoms with E-state index in [9.17, 15) is 9.59 Å². The standard InChI is InChI=1S/C10H15N3O4S/c1-6(8(14)16-3)13-5-11-12-10(13)18-7(2)9(15)17-4/h5-7H,1-4H3/t6-,7+/m1/s1. The van der Waals surface area contributed by atoms with Crippen molar-refractivity contribution < 1.29 is 19.1 Å². The summed E-state index contributed by atoms with van der Waals surface area (Å²) in [4.78, 5) is 22.8. The molecule has 7 nitrogen and oxygen atoms in total. The van der Waals surface area contributed by atoms with E-state index in [0.29, 0.717) is 5.16 Å². The second-order valence-electron chi connectivity index (χ2n) is 3.50. The maximum absolute atomic E-state index is 11.4. The van der Waals surface area contributed by atoms with Crippen molar-refractivity contribution in [1.82, 2.24) is 14.8 Å². The van der Waals surface area contributed by atoms with Crippen LogP contribution in [-0.2, 0) is 19.1 Å². The first-order chi connectivity index (χ1) is 8.51. The van der Waals surface area contributed by atoms with Crippen LogP contribution < -0.4 is 0 Å². The van der Waals surface area contributed by atoms with Crippen molar-refractivity contribution in [3.05, 3.63) is 6.33 Å². The molecular formula is C10H15N3O4S. The molecule has 0 amide bonds. The first-order valence-electron chi connectivity index (χ1n) is 5.23. The maximum atomic E-state index is 11.4. The predicted octanol–water partition coefficient (Wildman–Crippen LogP) is 0.666. The molecule has 2 atom stereocenters. The van der Waals surface area contributed by atoms with Crippen molar-refractivity contribution in [2.75, 3.05) is 14.2 Å². The van der Waals surface area contributed by atoms with Crippen LogP contribution in [0.1, 0.15) is 19.9 Å². The monoisotopic (exact) mass is 273 g/mol. The molecule has 0 aliphatic heterocycles. The van der Waals surface area contributed by atoms with E-state index >= 15 is 0 Å². The number of esters is 2. The van der Waals surface area contributed by atoms with Gasteiger partial charge in [0.2, 0.25) is 0 Å². The van der Waals surface area contributed by atoms with Crippen molar-refractivity contribution >= 4 is 23.7 Å². The van der Waals surface area contributed by atoms with Crippen molar-refractivity contribution in [1.29, 1.82) is 0 Å². The minimum Gasteiger partial charge on any atom is -0.468 e. The molecule has 0 aromatic carbocycles. The molecule has 0 spiro atoms. The second-order valence-corrected chi connectivity index (χ2v) is 4.81. The third kappa shape index (κ3) is 3.22. The molecule has 0 unspecified atom stereocenters. The molecular weight excluding hydrogens is 258 g/mol. The van der Waals surface area contributed by atoms with Crippen LogP contribution in [0.15, 0.2) is 11.5 Å². The minimum absolute atomic E-state index is 0.361. The van der Waals surface area contributed by atoms with E-state index in [-0.39, 0.29) is 5.97 Å². The zero-order chi connectivity index (χ0) is 13.7. The van der Waals surface area contributed by atoms with Crippen molar-refractivity contribution in [2.24, 2.45) is 0 Å². The van der Waals surface area contributed by atoms with Crippen LogP contribution in [0, 0.1) is 0 Å². The first kappa shape index (κ1) is 14.5. The van der Waals surface area contributed by atoms with Gasteiger partial charge in [0, 0.05) is 0 Å². The molecule has 18 heavy (non-hydrogen) atoms. The van der Waals surface area contributed by atoms with E-state index in [0.717, 1.165) is 0 Å². The van der Waals surface area contributed by atoms with E-state index in [2.05, 4.69) is 19.7 Å².